The summed E-state index contributed by atoms with van der Waals surface area (Å²) in [5.74, 6) is 0.0525. The summed E-state index contributed by atoms with van der Waals surface area (Å²) in [4.78, 5) is 29.0. The van der Waals surface area contributed by atoms with Crippen LogP contribution in [0.3, 0.4) is 0 Å². The maximum atomic E-state index is 12.6. The van der Waals surface area contributed by atoms with Crippen LogP contribution in [0.2, 0.25) is 0 Å². The lowest BCUT2D eigenvalue weighted by Gasteiger charge is -2.41. The molecule has 0 aliphatic carbocycles. The van der Waals surface area contributed by atoms with Gasteiger partial charge in [-0.15, -0.1) is 0 Å². The van der Waals surface area contributed by atoms with E-state index in [1.165, 1.54) is 12.5 Å². The van der Waals surface area contributed by atoms with Gasteiger partial charge in [-0.25, -0.2) is 0 Å². The predicted molar refractivity (Wildman–Crippen MR) is 96.8 cm³/mol. The highest BCUT2D eigenvalue weighted by molar-refractivity contribution is 5.94. The molecule has 0 atom stereocenters. The molecule has 0 bridgehead atoms. The molecule has 0 aromatic carbocycles. The van der Waals surface area contributed by atoms with Gasteiger partial charge in [0.1, 0.15) is 6.26 Å². The molecule has 0 spiro atoms. The number of ether oxygens (including phenoxy) is 1. The van der Waals surface area contributed by atoms with Gasteiger partial charge in [-0.3, -0.25) is 14.5 Å². The minimum Gasteiger partial charge on any atom is -0.472 e. The highest BCUT2D eigenvalue weighted by Crippen LogP contribution is 2.20. The van der Waals surface area contributed by atoms with E-state index in [0.717, 1.165) is 26.3 Å². The Labute approximate surface area is 154 Å². The molecule has 0 radical (unpaired) electrons. The van der Waals surface area contributed by atoms with Crippen molar-refractivity contribution in [3.8, 4) is 0 Å². The highest BCUT2D eigenvalue weighted by Gasteiger charge is 2.31. The van der Waals surface area contributed by atoms with E-state index in [1.54, 1.807) is 11.0 Å². The van der Waals surface area contributed by atoms with Gasteiger partial charge < -0.3 is 19.4 Å². The van der Waals surface area contributed by atoms with Gasteiger partial charge >= 0.3 is 0 Å². The van der Waals surface area contributed by atoms with Gasteiger partial charge in [0.25, 0.3) is 5.91 Å². The van der Waals surface area contributed by atoms with Crippen LogP contribution in [-0.2, 0) is 9.53 Å². The van der Waals surface area contributed by atoms with Crippen LogP contribution in [0.4, 0.5) is 0 Å². The molecule has 1 aromatic rings. The Kier molecular flexibility index (Phi) is 5.98. The number of carbonyl (C=O) groups excluding carboxylic acids is 2. The summed E-state index contributed by atoms with van der Waals surface area (Å²) in [5.41, 5.74) is 0.484. The van der Waals surface area contributed by atoms with E-state index >= 15 is 0 Å². The number of furan rings is 1. The van der Waals surface area contributed by atoms with Crippen molar-refractivity contribution in [1.29, 1.82) is 0 Å². The Hall–Kier alpha value is -1.86. The summed E-state index contributed by atoms with van der Waals surface area (Å²) in [7, 11) is 0. The van der Waals surface area contributed by atoms with Crippen LogP contribution in [-0.4, -0.2) is 73.1 Å². The fraction of sp³-hybridized carbons (Fsp3) is 0.684. The number of hydrogen-bond donors (Lipinski definition) is 1. The zero-order valence-corrected chi connectivity index (χ0v) is 15.7. The zero-order chi connectivity index (χ0) is 18.6. The molecule has 2 saturated heterocycles. The van der Waals surface area contributed by atoms with Crippen molar-refractivity contribution in [1.82, 2.24) is 15.1 Å². The van der Waals surface area contributed by atoms with E-state index in [-0.39, 0.29) is 23.3 Å². The predicted octanol–water partition coefficient (Wildman–Crippen LogP) is 1.36. The fourth-order valence-electron chi connectivity index (χ4n) is 3.64. The molecule has 2 aliphatic heterocycles. The molecule has 26 heavy (non-hydrogen) atoms. The van der Waals surface area contributed by atoms with Gasteiger partial charge in [-0.2, -0.15) is 0 Å². The van der Waals surface area contributed by atoms with Gasteiger partial charge in [0.15, 0.2) is 0 Å². The van der Waals surface area contributed by atoms with E-state index in [9.17, 15) is 9.59 Å². The molecule has 3 rings (SSSR count). The average Bonchev–Trinajstić information content (AvgIpc) is 3.21. The molecule has 144 valence electrons. The molecule has 2 aliphatic rings. The standard InChI is InChI=1S/C19H29N3O4/c1-19(2,22-8-11-25-12-9-22)14-20-17(23)15-3-6-21(7-4-15)18(24)16-5-10-26-13-16/h5,10,13,15H,3-4,6-9,11-12,14H2,1-2H3,(H,20,23). The largest absolute Gasteiger partial charge is 0.472 e. The van der Waals surface area contributed by atoms with E-state index in [2.05, 4.69) is 24.1 Å². The van der Waals surface area contributed by atoms with Gasteiger partial charge in [0.2, 0.25) is 5.91 Å². The second-order valence-electron chi connectivity index (χ2n) is 7.71. The maximum absolute atomic E-state index is 12.6. The fourth-order valence-corrected chi connectivity index (χ4v) is 3.64. The number of rotatable bonds is 5. The number of nitrogens with zero attached hydrogens (tertiary/aromatic N) is 2. The number of piperidine rings is 1. The van der Waals surface area contributed by atoms with Crippen molar-refractivity contribution in [2.45, 2.75) is 32.2 Å². The minimum atomic E-state index is -0.0859. The van der Waals surface area contributed by atoms with Gasteiger partial charge in [0, 0.05) is 44.2 Å². The summed E-state index contributed by atoms with van der Waals surface area (Å²) in [5, 5.41) is 3.12. The van der Waals surface area contributed by atoms with Crippen LogP contribution >= 0.6 is 0 Å². The number of morpholine rings is 1. The Morgan fingerprint density at radius 3 is 2.50 bits per heavy atom. The molecule has 7 nitrogen and oxygen atoms in total. The van der Waals surface area contributed by atoms with Crippen molar-refractivity contribution >= 4 is 11.8 Å². The van der Waals surface area contributed by atoms with Crippen LogP contribution in [0.15, 0.2) is 23.0 Å². The third-order valence-electron chi connectivity index (χ3n) is 5.48. The first-order chi connectivity index (χ1) is 12.5. The van der Waals surface area contributed by atoms with Crippen LogP contribution in [0.5, 0.6) is 0 Å². The molecule has 2 fully saturated rings. The molecule has 2 amide bonds. The summed E-state index contributed by atoms with van der Waals surface area (Å²) >= 11 is 0. The summed E-state index contributed by atoms with van der Waals surface area (Å²) in [6.07, 6.45) is 4.37. The number of carbonyl (C=O) groups is 2. The van der Waals surface area contributed by atoms with E-state index in [4.69, 9.17) is 9.15 Å². The topological polar surface area (TPSA) is 75.0 Å². The smallest absolute Gasteiger partial charge is 0.257 e. The van der Waals surface area contributed by atoms with Crippen molar-refractivity contribution in [3.05, 3.63) is 24.2 Å². The van der Waals surface area contributed by atoms with Crippen LogP contribution in [0, 0.1) is 5.92 Å². The molecule has 7 heteroatoms. The Balaban J connectivity index is 1.44. The summed E-state index contributed by atoms with van der Waals surface area (Å²) in [6.45, 7) is 9.45. The van der Waals surface area contributed by atoms with Crippen LogP contribution in [0.1, 0.15) is 37.0 Å². The molecule has 1 N–H and O–H groups in total. The number of likely N-dealkylation sites (tertiary alicyclic amines) is 1. The molecule has 0 unspecified atom stereocenters. The Morgan fingerprint density at radius 1 is 1.19 bits per heavy atom. The van der Waals surface area contributed by atoms with Gasteiger partial charge in [-0.05, 0) is 32.8 Å². The molecular weight excluding hydrogens is 334 g/mol. The maximum Gasteiger partial charge on any atom is 0.257 e. The normalized spacial score (nSPS) is 20.2. The first-order valence-electron chi connectivity index (χ1n) is 9.39. The van der Waals surface area contributed by atoms with Crippen molar-refractivity contribution in [2.24, 2.45) is 5.92 Å². The summed E-state index contributed by atoms with van der Waals surface area (Å²) < 4.78 is 10.4. The third kappa shape index (κ3) is 4.45. The minimum absolute atomic E-state index is 0.0222. The van der Waals surface area contributed by atoms with Crippen molar-refractivity contribution < 1.29 is 18.7 Å². The summed E-state index contributed by atoms with van der Waals surface area (Å²) in [6, 6.07) is 1.68. The van der Waals surface area contributed by atoms with E-state index in [0.29, 0.717) is 38.0 Å². The molecule has 3 heterocycles. The first-order valence-corrected chi connectivity index (χ1v) is 9.39. The van der Waals surface area contributed by atoms with E-state index < -0.39 is 0 Å². The number of amides is 2. The lowest BCUT2D eigenvalue weighted by molar-refractivity contribution is -0.127. The van der Waals surface area contributed by atoms with E-state index in [1.807, 2.05) is 0 Å². The lowest BCUT2D eigenvalue weighted by Crippen LogP contribution is -2.56. The number of nitrogens with one attached hydrogen (secondary N) is 1. The van der Waals surface area contributed by atoms with Gasteiger partial charge in [-0.1, -0.05) is 0 Å². The highest BCUT2D eigenvalue weighted by atomic mass is 16.5. The zero-order valence-electron chi connectivity index (χ0n) is 15.7. The third-order valence-corrected chi connectivity index (χ3v) is 5.48. The van der Waals surface area contributed by atoms with Crippen LogP contribution < -0.4 is 5.32 Å². The average molecular weight is 363 g/mol. The molecule has 1 aromatic heterocycles. The van der Waals surface area contributed by atoms with Gasteiger partial charge in [0.05, 0.1) is 25.0 Å². The molecule has 0 saturated carbocycles. The second kappa shape index (κ2) is 8.22. The quantitative estimate of drug-likeness (QED) is 0.855. The van der Waals surface area contributed by atoms with Crippen molar-refractivity contribution in [3.63, 3.8) is 0 Å². The first kappa shape index (κ1) is 18.9. The molecular formula is C19H29N3O4. The Bertz CT molecular complexity index is 600. The Morgan fingerprint density at radius 2 is 1.88 bits per heavy atom. The van der Waals surface area contributed by atoms with Crippen LogP contribution in [0.25, 0.3) is 0 Å². The number of hydrogen-bond acceptors (Lipinski definition) is 5. The SMILES string of the molecule is CC(C)(CNC(=O)C1CCN(C(=O)c2ccoc2)CC1)N1CCOCC1. The second-order valence-corrected chi connectivity index (χ2v) is 7.71. The lowest BCUT2D eigenvalue weighted by atomic mass is 9.94. The van der Waals surface area contributed by atoms with Crippen molar-refractivity contribution in [2.75, 3.05) is 45.9 Å². The monoisotopic (exact) mass is 363 g/mol.